The average molecular weight is 538 g/mol. The van der Waals surface area contributed by atoms with Crippen molar-refractivity contribution in [2.75, 3.05) is 19.5 Å². The zero-order valence-corrected chi connectivity index (χ0v) is 23.7. The molecule has 8 nitrogen and oxygen atoms in total. The van der Waals surface area contributed by atoms with Crippen molar-refractivity contribution in [3.8, 4) is 5.75 Å². The minimum absolute atomic E-state index is 0.0193. The van der Waals surface area contributed by atoms with Crippen LogP contribution in [-0.4, -0.2) is 54.2 Å². The van der Waals surface area contributed by atoms with E-state index in [0.29, 0.717) is 17.1 Å². The van der Waals surface area contributed by atoms with E-state index in [1.807, 2.05) is 26.0 Å². The summed E-state index contributed by atoms with van der Waals surface area (Å²) in [6, 6.07) is 4.92. The lowest BCUT2D eigenvalue weighted by Crippen LogP contribution is -2.68. The molecule has 8 atom stereocenters. The zero-order valence-electron chi connectivity index (χ0n) is 23.7. The number of carbonyl (C=O) groups excluding carboxylic acids is 2. The Morgan fingerprint density at radius 2 is 1.92 bits per heavy atom. The van der Waals surface area contributed by atoms with Crippen LogP contribution in [0.2, 0.25) is 0 Å². The minimum atomic E-state index is -1.89. The van der Waals surface area contributed by atoms with E-state index in [0.717, 1.165) is 6.42 Å². The van der Waals surface area contributed by atoms with E-state index < -0.39 is 40.9 Å². The Morgan fingerprint density at radius 3 is 2.62 bits per heavy atom. The van der Waals surface area contributed by atoms with Gasteiger partial charge >= 0.3 is 5.97 Å². The molecule has 3 fully saturated rings. The summed E-state index contributed by atoms with van der Waals surface area (Å²) < 4.78 is 24.1. The first-order valence-corrected chi connectivity index (χ1v) is 13.8. The van der Waals surface area contributed by atoms with Crippen LogP contribution >= 0.6 is 0 Å². The third-order valence-electron chi connectivity index (χ3n) is 10.4. The van der Waals surface area contributed by atoms with Crippen molar-refractivity contribution < 1.29 is 33.6 Å². The molecule has 1 aromatic rings. The lowest BCUT2D eigenvalue weighted by molar-refractivity contribution is -0.302. The van der Waals surface area contributed by atoms with Crippen molar-refractivity contribution >= 4 is 17.4 Å². The number of ketones is 1. The van der Waals surface area contributed by atoms with Crippen LogP contribution in [0.4, 0.5) is 5.69 Å². The topological polar surface area (TPSA) is 117 Å². The fraction of sp³-hybridized carbons (Fsp3) is 0.613. The number of aliphatic hydroxyl groups is 1. The van der Waals surface area contributed by atoms with Gasteiger partial charge in [0, 0.05) is 11.6 Å². The molecule has 1 heterocycles. The smallest absolute Gasteiger partial charge is 0.344 e. The number of hydrogen-bond acceptors (Lipinski definition) is 8. The van der Waals surface area contributed by atoms with E-state index in [-0.39, 0.29) is 46.6 Å². The van der Waals surface area contributed by atoms with Gasteiger partial charge in [0.2, 0.25) is 0 Å². The van der Waals surface area contributed by atoms with Crippen molar-refractivity contribution in [3.63, 3.8) is 0 Å². The maximum absolute atomic E-state index is 14.8. The fourth-order valence-corrected chi connectivity index (χ4v) is 8.40. The molecular formula is C31H39NO7. The molecule has 5 aliphatic rings. The number of ether oxygens (including phenoxy) is 4. The molecule has 0 aromatic heterocycles. The van der Waals surface area contributed by atoms with Gasteiger partial charge in [-0.1, -0.05) is 39.0 Å². The highest BCUT2D eigenvalue weighted by atomic mass is 16.7. The highest BCUT2D eigenvalue weighted by Gasteiger charge is 2.77. The second-order valence-corrected chi connectivity index (χ2v) is 13.2. The first kappa shape index (κ1) is 26.5. The van der Waals surface area contributed by atoms with Crippen molar-refractivity contribution in [3.05, 3.63) is 47.1 Å². The van der Waals surface area contributed by atoms with Crippen molar-refractivity contribution in [1.82, 2.24) is 0 Å². The Kier molecular flexibility index (Phi) is 5.57. The summed E-state index contributed by atoms with van der Waals surface area (Å²) in [6.45, 7) is 12.1. The van der Waals surface area contributed by atoms with Crippen LogP contribution in [-0.2, 0) is 19.0 Å². The number of fused-ring (bicyclic) bond motifs is 5. The lowest BCUT2D eigenvalue weighted by Gasteiger charge is -2.52. The van der Waals surface area contributed by atoms with Crippen LogP contribution in [0.5, 0.6) is 5.75 Å². The third kappa shape index (κ3) is 3.34. The minimum Gasteiger partial charge on any atom is -0.496 e. The van der Waals surface area contributed by atoms with Gasteiger partial charge in [-0.15, -0.1) is 0 Å². The number of esters is 1. The highest BCUT2D eigenvalue weighted by Crippen LogP contribution is 2.72. The molecule has 1 saturated heterocycles. The van der Waals surface area contributed by atoms with Crippen LogP contribution < -0.4 is 10.5 Å². The van der Waals surface area contributed by atoms with Crippen LogP contribution in [0.15, 0.2) is 41.5 Å². The van der Waals surface area contributed by atoms with Gasteiger partial charge in [-0.25, -0.2) is 4.79 Å². The van der Waals surface area contributed by atoms with E-state index >= 15 is 0 Å². The molecule has 0 unspecified atom stereocenters. The molecular weight excluding hydrogens is 498 g/mol. The maximum atomic E-state index is 14.8. The number of anilines is 1. The van der Waals surface area contributed by atoms with Gasteiger partial charge in [0.15, 0.2) is 23.3 Å². The summed E-state index contributed by atoms with van der Waals surface area (Å²) in [5.74, 6) is -1.60. The fourth-order valence-electron chi connectivity index (χ4n) is 8.40. The van der Waals surface area contributed by atoms with E-state index in [1.54, 1.807) is 32.0 Å². The Balaban J connectivity index is 1.52. The molecule has 1 aliphatic heterocycles. The molecule has 8 heteroatoms. The number of carbonyl (C=O) groups is 2. The Morgan fingerprint density at radius 1 is 1.21 bits per heavy atom. The number of rotatable bonds is 3. The molecule has 0 amide bonds. The van der Waals surface area contributed by atoms with Gasteiger partial charge in [0.25, 0.3) is 0 Å². The zero-order chi connectivity index (χ0) is 28.3. The SMILES string of the molecule is COc1cccc(N)c1C(=O)O[C@H]1C(C)=C[C@]23C(=O)[C@@H](C=C4COC(C)(C)O[C@H]4[C@]12O)[C@H]1[C@@H](C[C@H]3C)C1(C)C. The molecule has 6 rings (SSSR count). The molecule has 2 saturated carbocycles. The first-order chi connectivity index (χ1) is 18.2. The van der Waals surface area contributed by atoms with Gasteiger partial charge < -0.3 is 29.8 Å². The quantitative estimate of drug-likeness (QED) is 0.337. The highest BCUT2D eigenvalue weighted by molar-refractivity contribution is 5.99. The lowest BCUT2D eigenvalue weighted by atomic mass is 9.59. The predicted octanol–water partition coefficient (Wildman–Crippen LogP) is 4.07. The van der Waals surface area contributed by atoms with Gasteiger partial charge in [-0.3, -0.25) is 4.79 Å². The second kappa shape index (κ2) is 8.18. The summed E-state index contributed by atoms with van der Waals surface area (Å²) in [7, 11) is 1.45. The van der Waals surface area contributed by atoms with E-state index in [1.165, 1.54) is 7.11 Å². The summed E-state index contributed by atoms with van der Waals surface area (Å²) in [5.41, 5.74) is 4.60. The number of allylic oxidation sites excluding steroid dienone is 1. The number of Topliss-reactive ketones (excluding diaryl/α,β-unsaturated/α-hetero) is 1. The summed E-state index contributed by atoms with van der Waals surface area (Å²) in [6.07, 6.45) is 2.57. The first-order valence-electron chi connectivity index (χ1n) is 13.8. The Hall–Kier alpha value is -2.68. The number of hydrogen-bond donors (Lipinski definition) is 2. The molecule has 2 bridgehead atoms. The average Bonchev–Trinajstić information content (AvgIpc) is 3.36. The van der Waals surface area contributed by atoms with Gasteiger partial charge in [0.1, 0.15) is 17.4 Å². The van der Waals surface area contributed by atoms with Crippen LogP contribution in [0, 0.1) is 34.5 Å². The Labute approximate surface area is 229 Å². The van der Waals surface area contributed by atoms with Crippen molar-refractivity contribution in [2.45, 2.75) is 71.6 Å². The molecule has 0 radical (unpaired) electrons. The van der Waals surface area contributed by atoms with Crippen LogP contribution in [0.25, 0.3) is 0 Å². The molecule has 1 aromatic carbocycles. The van der Waals surface area contributed by atoms with Crippen LogP contribution in [0.3, 0.4) is 0 Å². The monoisotopic (exact) mass is 537 g/mol. The maximum Gasteiger partial charge on any atom is 0.344 e. The van der Waals surface area contributed by atoms with E-state index in [4.69, 9.17) is 24.7 Å². The number of benzene rings is 1. The number of nitrogen functional groups attached to an aromatic ring is 1. The molecule has 4 aliphatic carbocycles. The summed E-state index contributed by atoms with van der Waals surface area (Å²) in [5, 5.41) is 13.1. The van der Waals surface area contributed by atoms with Gasteiger partial charge in [0.05, 0.1) is 19.1 Å². The standard InChI is InChI=1S/C31H39NO7/c1-15-13-30-16(2)11-19-23(28(19,3)4)18(24(30)33)12-17-14-37-29(5,6)39-26(17)31(30,35)25(15)38-27(34)22-20(32)9-8-10-21(22)36-7/h8-10,12-13,16,18-19,23,25-26,35H,11,14,32H2,1-7H3/t16-,18+,19-,23+,25+,26-,30+,31-/m1/s1. The predicted molar refractivity (Wildman–Crippen MR) is 144 cm³/mol. The van der Waals surface area contributed by atoms with Crippen molar-refractivity contribution in [1.29, 1.82) is 0 Å². The summed E-state index contributed by atoms with van der Waals surface area (Å²) >= 11 is 0. The largest absolute Gasteiger partial charge is 0.496 e. The summed E-state index contributed by atoms with van der Waals surface area (Å²) in [4.78, 5) is 28.5. The van der Waals surface area contributed by atoms with Crippen LogP contribution in [0.1, 0.15) is 58.3 Å². The molecule has 210 valence electrons. The number of methoxy groups -OCH3 is 1. The molecule has 1 spiro atoms. The molecule has 3 N–H and O–H groups in total. The normalized spacial score (nSPS) is 41.1. The second-order valence-electron chi connectivity index (χ2n) is 13.2. The van der Waals surface area contributed by atoms with Gasteiger partial charge in [-0.05, 0) is 73.6 Å². The number of nitrogens with two attached hydrogens (primary N) is 1. The van der Waals surface area contributed by atoms with E-state index in [2.05, 4.69) is 13.8 Å². The molecule has 39 heavy (non-hydrogen) atoms. The van der Waals surface area contributed by atoms with E-state index in [9.17, 15) is 14.7 Å². The van der Waals surface area contributed by atoms with Crippen molar-refractivity contribution in [2.24, 2.45) is 34.5 Å². The Bertz CT molecular complexity index is 1330. The van der Waals surface area contributed by atoms with Gasteiger partial charge in [-0.2, -0.15) is 0 Å². The third-order valence-corrected chi connectivity index (χ3v) is 10.4.